The van der Waals surface area contributed by atoms with Gasteiger partial charge in [-0.05, 0) is 57.1 Å². The summed E-state index contributed by atoms with van der Waals surface area (Å²) in [5.41, 5.74) is 2.91. The standard InChI is InChI=1S/C23H20/c1-15-5-2-3-8-19(15)20-13-11-18-10-9-16-6-4-7-17-12-14-21(20)23(18)22(16)17/h4,6-7,9-14,19H,1-3,5,8H2. The molecule has 0 bridgehead atoms. The highest BCUT2D eigenvalue weighted by Crippen LogP contribution is 2.43. The van der Waals surface area contributed by atoms with Gasteiger partial charge in [-0.15, -0.1) is 0 Å². The fourth-order valence-corrected chi connectivity index (χ4v) is 4.52. The Morgan fingerprint density at radius 1 is 0.739 bits per heavy atom. The van der Waals surface area contributed by atoms with Crippen LogP contribution in [0.25, 0.3) is 32.3 Å². The molecule has 1 fully saturated rings. The van der Waals surface area contributed by atoms with E-state index in [1.807, 2.05) is 0 Å². The molecule has 0 radical (unpaired) electrons. The molecule has 4 aromatic carbocycles. The summed E-state index contributed by atoms with van der Waals surface area (Å²) in [6.45, 7) is 4.38. The molecule has 1 aliphatic carbocycles. The quantitative estimate of drug-likeness (QED) is 0.268. The lowest BCUT2D eigenvalue weighted by Crippen LogP contribution is -2.08. The van der Waals surface area contributed by atoms with E-state index < -0.39 is 0 Å². The van der Waals surface area contributed by atoms with E-state index in [1.54, 1.807) is 0 Å². The predicted octanol–water partition coefficient (Wildman–Crippen LogP) is 6.80. The fraction of sp³-hybridized carbons (Fsp3) is 0.217. The first-order valence-corrected chi connectivity index (χ1v) is 8.67. The van der Waals surface area contributed by atoms with Crippen molar-refractivity contribution in [1.29, 1.82) is 0 Å². The maximum Gasteiger partial charge on any atom is 0.00516 e. The molecule has 1 saturated carbocycles. The molecule has 1 aliphatic rings. The Kier molecular flexibility index (Phi) is 2.76. The van der Waals surface area contributed by atoms with Crippen LogP contribution in [0.4, 0.5) is 0 Å². The highest BCUT2D eigenvalue weighted by molar-refractivity contribution is 6.23. The zero-order valence-corrected chi connectivity index (χ0v) is 13.3. The second-order valence-corrected chi connectivity index (χ2v) is 6.97. The molecular weight excluding hydrogens is 276 g/mol. The van der Waals surface area contributed by atoms with E-state index in [1.165, 1.54) is 69.1 Å². The maximum absolute atomic E-state index is 4.38. The number of hydrogen-bond donors (Lipinski definition) is 0. The van der Waals surface area contributed by atoms with E-state index in [-0.39, 0.29) is 0 Å². The molecule has 112 valence electrons. The Hall–Kier alpha value is -2.34. The predicted molar refractivity (Wildman–Crippen MR) is 100 cm³/mol. The van der Waals surface area contributed by atoms with Gasteiger partial charge in [0, 0.05) is 5.92 Å². The first-order valence-electron chi connectivity index (χ1n) is 8.67. The molecule has 1 unspecified atom stereocenters. The Labute approximate surface area is 136 Å². The number of benzene rings is 4. The van der Waals surface area contributed by atoms with Crippen molar-refractivity contribution < 1.29 is 0 Å². The van der Waals surface area contributed by atoms with E-state index >= 15 is 0 Å². The van der Waals surface area contributed by atoms with Crippen LogP contribution in [-0.4, -0.2) is 0 Å². The van der Waals surface area contributed by atoms with Crippen LogP contribution in [0.3, 0.4) is 0 Å². The summed E-state index contributed by atoms with van der Waals surface area (Å²) in [6.07, 6.45) is 5.07. The van der Waals surface area contributed by atoms with Crippen molar-refractivity contribution in [3.63, 3.8) is 0 Å². The Morgan fingerprint density at radius 2 is 1.43 bits per heavy atom. The third-order valence-corrected chi connectivity index (χ3v) is 5.67. The van der Waals surface area contributed by atoms with Crippen molar-refractivity contribution in [3.05, 3.63) is 72.3 Å². The van der Waals surface area contributed by atoms with Crippen LogP contribution in [0.2, 0.25) is 0 Å². The van der Waals surface area contributed by atoms with Crippen LogP contribution < -0.4 is 0 Å². The third kappa shape index (κ3) is 1.84. The minimum Gasteiger partial charge on any atom is -0.0992 e. The highest BCUT2D eigenvalue weighted by atomic mass is 14.3. The minimum atomic E-state index is 0.535. The summed E-state index contributed by atoms with van der Waals surface area (Å²) in [5.74, 6) is 0.535. The summed E-state index contributed by atoms with van der Waals surface area (Å²) in [5, 5.41) is 8.34. The van der Waals surface area contributed by atoms with E-state index in [2.05, 4.69) is 61.2 Å². The Bertz CT molecular complexity index is 1020. The molecular formula is C23H20. The van der Waals surface area contributed by atoms with Crippen molar-refractivity contribution in [1.82, 2.24) is 0 Å². The topological polar surface area (TPSA) is 0 Å². The molecule has 4 aromatic rings. The Balaban J connectivity index is 1.89. The van der Waals surface area contributed by atoms with Crippen molar-refractivity contribution in [2.24, 2.45) is 0 Å². The maximum atomic E-state index is 4.38. The second-order valence-electron chi connectivity index (χ2n) is 6.97. The molecule has 23 heavy (non-hydrogen) atoms. The van der Waals surface area contributed by atoms with Gasteiger partial charge in [-0.2, -0.15) is 0 Å². The van der Waals surface area contributed by atoms with Gasteiger partial charge in [0.15, 0.2) is 0 Å². The molecule has 5 rings (SSSR count). The lowest BCUT2D eigenvalue weighted by Gasteiger charge is -2.27. The van der Waals surface area contributed by atoms with Crippen LogP contribution in [0, 0.1) is 0 Å². The molecule has 0 saturated heterocycles. The third-order valence-electron chi connectivity index (χ3n) is 5.67. The monoisotopic (exact) mass is 296 g/mol. The van der Waals surface area contributed by atoms with Crippen molar-refractivity contribution in [2.45, 2.75) is 31.6 Å². The van der Waals surface area contributed by atoms with Gasteiger partial charge in [-0.1, -0.05) is 73.2 Å². The van der Waals surface area contributed by atoms with Crippen LogP contribution in [-0.2, 0) is 0 Å². The van der Waals surface area contributed by atoms with Gasteiger partial charge in [0.1, 0.15) is 0 Å². The smallest absolute Gasteiger partial charge is 0.00516 e. The molecule has 0 aromatic heterocycles. The van der Waals surface area contributed by atoms with Crippen LogP contribution >= 0.6 is 0 Å². The fourth-order valence-electron chi connectivity index (χ4n) is 4.52. The van der Waals surface area contributed by atoms with Crippen LogP contribution in [0.5, 0.6) is 0 Å². The van der Waals surface area contributed by atoms with Gasteiger partial charge in [0.05, 0.1) is 0 Å². The van der Waals surface area contributed by atoms with Gasteiger partial charge in [0.25, 0.3) is 0 Å². The molecule has 0 amide bonds. The van der Waals surface area contributed by atoms with E-state index in [0.29, 0.717) is 5.92 Å². The van der Waals surface area contributed by atoms with E-state index in [9.17, 15) is 0 Å². The first kappa shape index (κ1) is 13.1. The summed E-state index contributed by atoms with van der Waals surface area (Å²) in [6, 6.07) is 20.4. The Morgan fingerprint density at radius 3 is 2.22 bits per heavy atom. The number of rotatable bonds is 1. The van der Waals surface area contributed by atoms with Crippen molar-refractivity contribution >= 4 is 32.3 Å². The van der Waals surface area contributed by atoms with Gasteiger partial charge in [0.2, 0.25) is 0 Å². The average Bonchev–Trinajstić information content (AvgIpc) is 2.60. The lowest BCUT2D eigenvalue weighted by atomic mass is 9.78. The van der Waals surface area contributed by atoms with Crippen molar-refractivity contribution in [3.8, 4) is 0 Å². The summed E-state index contributed by atoms with van der Waals surface area (Å²) >= 11 is 0. The van der Waals surface area contributed by atoms with Gasteiger partial charge < -0.3 is 0 Å². The molecule has 0 heteroatoms. The molecule has 0 nitrogen and oxygen atoms in total. The zero-order valence-electron chi connectivity index (χ0n) is 13.3. The molecule has 0 N–H and O–H groups in total. The van der Waals surface area contributed by atoms with Crippen LogP contribution in [0.15, 0.2) is 66.7 Å². The summed E-state index contributed by atoms with van der Waals surface area (Å²) in [4.78, 5) is 0. The summed E-state index contributed by atoms with van der Waals surface area (Å²) in [7, 11) is 0. The van der Waals surface area contributed by atoms with Crippen LogP contribution in [0.1, 0.15) is 37.2 Å². The van der Waals surface area contributed by atoms with Gasteiger partial charge >= 0.3 is 0 Å². The highest BCUT2D eigenvalue weighted by Gasteiger charge is 2.22. The van der Waals surface area contributed by atoms with E-state index in [4.69, 9.17) is 0 Å². The van der Waals surface area contributed by atoms with E-state index in [0.717, 1.165) is 0 Å². The largest absolute Gasteiger partial charge is 0.0992 e. The minimum absolute atomic E-state index is 0.535. The average molecular weight is 296 g/mol. The van der Waals surface area contributed by atoms with Gasteiger partial charge in [-0.3, -0.25) is 0 Å². The second kappa shape index (κ2) is 4.83. The van der Waals surface area contributed by atoms with Crippen molar-refractivity contribution in [2.75, 3.05) is 0 Å². The normalized spacial score (nSPS) is 19.1. The number of allylic oxidation sites excluding steroid dienone is 1. The lowest BCUT2D eigenvalue weighted by molar-refractivity contribution is 0.545. The first-order chi connectivity index (χ1) is 11.3. The van der Waals surface area contributed by atoms with Gasteiger partial charge in [-0.25, -0.2) is 0 Å². The summed E-state index contributed by atoms with van der Waals surface area (Å²) < 4.78 is 0. The molecule has 0 spiro atoms. The SMILES string of the molecule is C=C1CCCCC1c1ccc2ccc3cccc4ccc1c2c34. The zero-order chi connectivity index (χ0) is 15.4. The molecule has 1 atom stereocenters. The molecule has 0 heterocycles. The number of hydrogen-bond acceptors (Lipinski definition) is 0. The molecule has 0 aliphatic heterocycles.